The molecule has 0 spiro atoms. The van der Waals surface area contributed by atoms with Crippen LogP contribution in [0, 0.1) is 0 Å². The van der Waals surface area contributed by atoms with Crippen molar-refractivity contribution in [3.05, 3.63) is 71.6 Å². The van der Waals surface area contributed by atoms with Gasteiger partial charge < -0.3 is 10.1 Å². The second kappa shape index (κ2) is 8.92. The summed E-state index contributed by atoms with van der Waals surface area (Å²) < 4.78 is 6.97. The van der Waals surface area contributed by atoms with Crippen molar-refractivity contribution in [1.82, 2.24) is 19.7 Å². The highest BCUT2D eigenvalue weighted by Crippen LogP contribution is 2.25. The molecule has 152 valence electrons. The van der Waals surface area contributed by atoms with Crippen LogP contribution in [0.2, 0.25) is 5.02 Å². The summed E-state index contributed by atoms with van der Waals surface area (Å²) in [6.07, 6.45) is 5.04. The molecule has 0 aliphatic carbocycles. The Bertz CT molecular complexity index is 1160. The van der Waals surface area contributed by atoms with Crippen LogP contribution < -0.4 is 5.32 Å². The van der Waals surface area contributed by atoms with Gasteiger partial charge in [0.25, 0.3) is 0 Å². The number of hydrogen-bond acceptors (Lipinski definition) is 6. The normalized spacial score (nSPS) is 10.9. The third-order valence-electron chi connectivity index (χ3n) is 4.55. The molecular weight excluding hydrogens is 402 g/mol. The van der Waals surface area contributed by atoms with Crippen molar-refractivity contribution in [1.29, 1.82) is 0 Å². The number of hydrogen-bond donors (Lipinski definition) is 1. The highest BCUT2D eigenvalue weighted by molar-refractivity contribution is 6.30. The van der Waals surface area contributed by atoms with Crippen LogP contribution in [0.15, 0.2) is 61.1 Å². The fourth-order valence-corrected chi connectivity index (χ4v) is 3.06. The number of esters is 1. The van der Waals surface area contributed by atoms with E-state index in [1.807, 2.05) is 24.3 Å². The molecule has 0 bridgehead atoms. The Morgan fingerprint density at radius 2 is 1.87 bits per heavy atom. The Kier molecular flexibility index (Phi) is 5.90. The van der Waals surface area contributed by atoms with Gasteiger partial charge in [0, 0.05) is 10.7 Å². The van der Waals surface area contributed by atoms with Gasteiger partial charge >= 0.3 is 5.97 Å². The standard InChI is InChI=1S/C22H20ClN5O2/c1-2-3-12-30-22(29)15-4-8-17(9-5-15)27-20-19-13-26-28(21(19)25-14-24-20)18-10-6-16(23)7-11-18/h4-11,13-14H,2-3,12H2,1H3,(H,24,25,27). The lowest BCUT2D eigenvalue weighted by molar-refractivity contribution is 0.0500. The number of nitrogens with one attached hydrogen (secondary N) is 1. The van der Waals surface area contributed by atoms with Gasteiger partial charge in [-0.1, -0.05) is 24.9 Å². The van der Waals surface area contributed by atoms with Gasteiger partial charge in [-0.05, 0) is 55.0 Å². The largest absolute Gasteiger partial charge is 0.462 e. The van der Waals surface area contributed by atoms with Crippen molar-refractivity contribution in [2.75, 3.05) is 11.9 Å². The number of unbranched alkanes of at least 4 members (excludes halogenated alkanes) is 1. The van der Waals surface area contributed by atoms with E-state index >= 15 is 0 Å². The summed E-state index contributed by atoms with van der Waals surface area (Å²) in [5, 5.41) is 9.13. The van der Waals surface area contributed by atoms with Crippen LogP contribution in [-0.2, 0) is 4.74 Å². The lowest BCUT2D eigenvalue weighted by atomic mass is 10.2. The van der Waals surface area contributed by atoms with E-state index in [4.69, 9.17) is 16.3 Å². The van der Waals surface area contributed by atoms with Crippen molar-refractivity contribution in [3.8, 4) is 5.69 Å². The maximum atomic E-state index is 12.0. The molecular formula is C22H20ClN5O2. The molecule has 0 saturated carbocycles. The van der Waals surface area contributed by atoms with E-state index in [0.29, 0.717) is 28.7 Å². The maximum absolute atomic E-state index is 12.0. The molecule has 0 aliphatic heterocycles. The van der Waals surface area contributed by atoms with E-state index in [0.717, 1.165) is 29.6 Å². The third-order valence-corrected chi connectivity index (χ3v) is 4.80. The lowest BCUT2D eigenvalue weighted by Crippen LogP contribution is -2.06. The molecule has 8 heteroatoms. The number of ether oxygens (including phenoxy) is 1. The molecule has 0 unspecified atom stereocenters. The van der Waals surface area contributed by atoms with Crippen LogP contribution in [0.3, 0.4) is 0 Å². The number of carbonyl (C=O) groups excluding carboxylic acids is 1. The Morgan fingerprint density at radius 1 is 1.10 bits per heavy atom. The molecule has 2 aromatic heterocycles. The van der Waals surface area contributed by atoms with E-state index in [1.165, 1.54) is 6.33 Å². The van der Waals surface area contributed by atoms with Gasteiger partial charge in [-0.3, -0.25) is 0 Å². The van der Waals surface area contributed by atoms with Gasteiger partial charge in [-0.2, -0.15) is 5.10 Å². The molecule has 1 N–H and O–H groups in total. The average Bonchev–Trinajstić information content (AvgIpc) is 3.20. The SMILES string of the molecule is CCCCOC(=O)c1ccc(Nc2ncnc3c2cnn3-c2ccc(Cl)cc2)cc1. The molecule has 4 aromatic rings. The van der Waals surface area contributed by atoms with Crippen LogP contribution >= 0.6 is 11.6 Å². The maximum Gasteiger partial charge on any atom is 0.338 e. The number of halogens is 1. The molecule has 0 saturated heterocycles. The zero-order valence-corrected chi connectivity index (χ0v) is 17.1. The summed E-state index contributed by atoms with van der Waals surface area (Å²) >= 11 is 5.97. The summed E-state index contributed by atoms with van der Waals surface area (Å²) in [6.45, 7) is 2.49. The Balaban J connectivity index is 1.54. The monoisotopic (exact) mass is 421 g/mol. The first kappa shape index (κ1) is 19.8. The predicted molar refractivity (Wildman–Crippen MR) is 117 cm³/mol. The molecule has 0 amide bonds. The van der Waals surface area contributed by atoms with Crippen LogP contribution in [0.1, 0.15) is 30.1 Å². The van der Waals surface area contributed by atoms with Gasteiger partial charge in [0.15, 0.2) is 5.65 Å². The molecule has 2 heterocycles. The Morgan fingerprint density at radius 3 is 2.60 bits per heavy atom. The molecule has 2 aromatic carbocycles. The first-order valence-electron chi connectivity index (χ1n) is 9.64. The summed E-state index contributed by atoms with van der Waals surface area (Å²) in [7, 11) is 0. The molecule has 4 rings (SSSR count). The fourth-order valence-electron chi connectivity index (χ4n) is 2.93. The van der Waals surface area contributed by atoms with Crippen LogP contribution in [-0.4, -0.2) is 32.3 Å². The Hall–Kier alpha value is -3.45. The van der Waals surface area contributed by atoms with Crippen molar-refractivity contribution < 1.29 is 9.53 Å². The van der Waals surface area contributed by atoms with Crippen molar-refractivity contribution in [2.45, 2.75) is 19.8 Å². The van der Waals surface area contributed by atoms with Crippen molar-refractivity contribution in [2.24, 2.45) is 0 Å². The minimum atomic E-state index is -0.316. The molecule has 7 nitrogen and oxygen atoms in total. The van der Waals surface area contributed by atoms with Crippen LogP contribution in [0.4, 0.5) is 11.5 Å². The summed E-state index contributed by atoms with van der Waals surface area (Å²) in [5.74, 6) is 0.308. The number of aromatic nitrogens is 4. The summed E-state index contributed by atoms with van der Waals surface area (Å²) in [6, 6.07) is 14.4. The number of carbonyl (C=O) groups is 1. The van der Waals surface area contributed by atoms with Crippen molar-refractivity contribution >= 4 is 40.1 Å². The van der Waals surface area contributed by atoms with E-state index in [-0.39, 0.29) is 5.97 Å². The van der Waals surface area contributed by atoms with E-state index in [2.05, 4.69) is 27.3 Å². The van der Waals surface area contributed by atoms with Crippen LogP contribution in [0.25, 0.3) is 16.7 Å². The van der Waals surface area contributed by atoms with E-state index < -0.39 is 0 Å². The highest BCUT2D eigenvalue weighted by Gasteiger charge is 2.12. The number of rotatable bonds is 7. The van der Waals surface area contributed by atoms with Gasteiger partial charge in [-0.15, -0.1) is 0 Å². The fraction of sp³-hybridized carbons (Fsp3) is 0.182. The van der Waals surface area contributed by atoms with Gasteiger partial charge in [0.2, 0.25) is 0 Å². The first-order chi connectivity index (χ1) is 14.7. The molecule has 0 fully saturated rings. The second-order valence-corrected chi connectivity index (χ2v) is 7.12. The molecule has 0 atom stereocenters. The minimum absolute atomic E-state index is 0.316. The van der Waals surface area contributed by atoms with Gasteiger partial charge in [0.1, 0.15) is 12.1 Å². The third kappa shape index (κ3) is 4.26. The topological polar surface area (TPSA) is 81.9 Å². The zero-order chi connectivity index (χ0) is 20.9. The molecule has 30 heavy (non-hydrogen) atoms. The lowest BCUT2D eigenvalue weighted by Gasteiger charge is -2.08. The number of fused-ring (bicyclic) bond motifs is 1. The van der Waals surface area contributed by atoms with E-state index in [9.17, 15) is 4.79 Å². The van der Waals surface area contributed by atoms with Crippen molar-refractivity contribution in [3.63, 3.8) is 0 Å². The highest BCUT2D eigenvalue weighted by atomic mass is 35.5. The smallest absolute Gasteiger partial charge is 0.338 e. The molecule has 0 aliphatic rings. The van der Waals surface area contributed by atoms with E-state index in [1.54, 1.807) is 35.1 Å². The quantitative estimate of drug-likeness (QED) is 0.327. The summed E-state index contributed by atoms with van der Waals surface area (Å²) in [4.78, 5) is 20.8. The second-order valence-electron chi connectivity index (χ2n) is 6.68. The number of benzene rings is 2. The number of anilines is 2. The Labute approximate surface area is 178 Å². The zero-order valence-electron chi connectivity index (χ0n) is 16.4. The van der Waals surface area contributed by atoms with Gasteiger partial charge in [-0.25, -0.2) is 19.4 Å². The summed E-state index contributed by atoms with van der Waals surface area (Å²) in [5.41, 5.74) is 2.83. The minimum Gasteiger partial charge on any atom is -0.462 e. The molecule has 0 radical (unpaired) electrons. The van der Waals surface area contributed by atoms with Crippen LogP contribution in [0.5, 0.6) is 0 Å². The first-order valence-corrected chi connectivity index (χ1v) is 10.0. The van der Waals surface area contributed by atoms with Gasteiger partial charge in [0.05, 0.1) is 29.4 Å². The number of nitrogens with zero attached hydrogens (tertiary/aromatic N) is 4. The predicted octanol–water partition coefficient (Wildman–Crippen LogP) is 5.17. The average molecular weight is 422 g/mol.